The molecule has 1 saturated heterocycles. The number of aliphatic hydroxyl groups is 1. The second kappa shape index (κ2) is 42.2. The molecule has 0 saturated carbocycles. The van der Waals surface area contributed by atoms with Crippen molar-refractivity contribution in [1.29, 1.82) is 0 Å². The number of carboxylic acids is 2. The molecule has 3 atom stereocenters. The van der Waals surface area contributed by atoms with E-state index in [1.54, 1.807) is 37.8 Å². The Morgan fingerprint density at radius 3 is 2.05 bits per heavy atom. The van der Waals surface area contributed by atoms with Crippen LogP contribution in [0.25, 0.3) is 11.1 Å². The first-order valence-electron chi connectivity index (χ1n) is 22.2. The maximum absolute atomic E-state index is 13.2. The van der Waals surface area contributed by atoms with Crippen molar-refractivity contribution >= 4 is 39.4 Å². The Kier molecular flexibility index (Phi) is 44.1. The number of allylic oxidation sites excluding steroid dienone is 5. The maximum Gasteiger partial charge on any atom is 0.326 e. The molecule has 1 amide bonds. The number of alkyl halides is 1. The van der Waals surface area contributed by atoms with Crippen molar-refractivity contribution in [2.45, 2.75) is 139 Å². The molecule has 1 aliphatic rings. The van der Waals surface area contributed by atoms with Gasteiger partial charge in [-0.2, -0.15) is 11.8 Å². The third kappa shape index (κ3) is 33.4. The fourth-order valence-corrected chi connectivity index (χ4v) is 6.80. The van der Waals surface area contributed by atoms with Gasteiger partial charge in [0.05, 0.1) is 18.3 Å². The highest BCUT2D eigenvalue weighted by atomic mass is 32.2. The summed E-state index contributed by atoms with van der Waals surface area (Å²) >= 11 is 1.68. The molecule has 63 heavy (non-hydrogen) atoms. The molecule has 1 heterocycles. The molecule has 2 aromatic carbocycles. The van der Waals surface area contributed by atoms with Gasteiger partial charge in [-0.15, -0.1) is 0 Å². The van der Waals surface area contributed by atoms with Crippen LogP contribution in [0.5, 0.6) is 0 Å². The normalized spacial score (nSPS) is 14.0. The monoisotopic (exact) mass is 925 g/mol. The van der Waals surface area contributed by atoms with Crippen LogP contribution in [0.1, 0.15) is 135 Å². The number of likely N-dealkylation sites (tertiary alicyclic amines) is 1. The largest absolute Gasteiger partial charge is 0.481 e. The summed E-state index contributed by atoms with van der Waals surface area (Å²) in [4.78, 5) is 37.7. The minimum Gasteiger partial charge on any atom is -0.481 e. The number of aliphatic carboxylic acids is 2. The number of nitrogens with one attached hydrogen (secondary N) is 1. The van der Waals surface area contributed by atoms with Crippen LogP contribution in [-0.4, -0.2) is 103 Å². The fraction of sp³-hybridized carbons (Fsp3) is 0.580. The van der Waals surface area contributed by atoms with Gasteiger partial charge >= 0.3 is 11.9 Å². The summed E-state index contributed by atoms with van der Waals surface area (Å²) in [6, 6.07) is 12.8. The van der Waals surface area contributed by atoms with Crippen molar-refractivity contribution in [3.8, 4) is 11.1 Å². The second-order valence-electron chi connectivity index (χ2n) is 14.6. The van der Waals surface area contributed by atoms with Crippen molar-refractivity contribution in [3.05, 3.63) is 95.6 Å². The van der Waals surface area contributed by atoms with Gasteiger partial charge in [0.1, 0.15) is 15.9 Å². The van der Waals surface area contributed by atoms with Crippen molar-refractivity contribution in [2.75, 3.05) is 44.3 Å². The lowest BCUT2D eigenvalue weighted by Crippen LogP contribution is -2.42. The number of nitrogens with zero attached hydrogens (tertiary/aromatic N) is 1. The molecule has 10 nitrogen and oxygen atoms in total. The Balaban J connectivity index is -0.000000506. The Hall–Kier alpha value is -3.78. The number of rotatable bonds is 18. The number of benzene rings is 2. The van der Waals surface area contributed by atoms with E-state index in [-0.39, 0.29) is 24.8 Å². The van der Waals surface area contributed by atoms with E-state index < -0.39 is 33.7 Å². The van der Waals surface area contributed by atoms with E-state index in [0.29, 0.717) is 18.0 Å². The van der Waals surface area contributed by atoms with E-state index in [4.69, 9.17) is 10.2 Å². The molecule has 0 radical (unpaired) electrons. The van der Waals surface area contributed by atoms with Gasteiger partial charge in [-0.1, -0.05) is 128 Å². The van der Waals surface area contributed by atoms with Crippen LogP contribution in [0, 0.1) is 12.8 Å². The first kappa shape index (κ1) is 65.8. The van der Waals surface area contributed by atoms with Crippen LogP contribution in [0.2, 0.25) is 0 Å². The van der Waals surface area contributed by atoms with Crippen molar-refractivity contribution in [3.63, 3.8) is 0 Å². The standard InChI is InChI=1S/C27H36N2O5S.C8H12.C6H12O2S.C3H7F.C3H8.C2H6.CH4O/c1-4-8-21-10-7-15-29(21)18-20-12-13-23(24(17-20)22-11-6-5-9-19(22)2)26(30)28-25(27(31)32)14-16-35(3,33)34;1-4-6-7-8(3)5-2;1-5(6(7)8)3-4-9-2;1-2-3-4;1-3-2;2*1-2/h5-6,9,11-13,17,21,25H,4,7-8,10,14-16,18H2,1-3H3,(H,28,30)(H,31,32);4-7H,1H2,2-3H3;5H,3-4H2,1-2H3,(H,7,8);2-3H2,1H3;3H2,1-2H3;1-2H3;2H,1H3/b;7-6-,8-5-;;;;;/t21-,25?;;;;;;/m0....../s1. The zero-order chi connectivity index (χ0) is 49.4. The number of carbonyl (C=O) groups is 3. The zero-order valence-corrected chi connectivity index (χ0v) is 42.6. The number of carbonyl (C=O) groups excluding carboxylic acids is 1. The number of sulfone groups is 1. The summed E-state index contributed by atoms with van der Waals surface area (Å²) in [7, 11) is -2.36. The van der Waals surface area contributed by atoms with Crippen LogP contribution >= 0.6 is 11.8 Å². The summed E-state index contributed by atoms with van der Waals surface area (Å²) in [5.74, 6) is -2.04. The van der Waals surface area contributed by atoms with Crippen LogP contribution in [-0.2, 0) is 26.0 Å². The molecule has 2 aromatic rings. The van der Waals surface area contributed by atoms with E-state index in [2.05, 4.69) is 50.6 Å². The van der Waals surface area contributed by atoms with Crippen molar-refractivity contribution in [1.82, 2.24) is 10.2 Å². The summed E-state index contributed by atoms with van der Waals surface area (Å²) in [5.41, 5.74) is 5.42. The number of aryl methyl sites for hydroxylation is 1. The van der Waals surface area contributed by atoms with Gasteiger partial charge in [-0.05, 0) is 112 Å². The summed E-state index contributed by atoms with van der Waals surface area (Å²) < 4.78 is 33.8. The van der Waals surface area contributed by atoms with E-state index >= 15 is 0 Å². The molecule has 2 unspecified atom stereocenters. The first-order valence-corrected chi connectivity index (χ1v) is 25.6. The predicted octanol–water partition coefficient (Wildman–Crippen LogP) is 11.6. The van der Waals surface area contributed by atoms with Crippen LogP contribution in [0.3, 0.4) is 0 Å². The highest BCUT2D eigenvalue weighted by Gasteiger charge is 2.26. The Morgan fingerprint density at radius 1 is 1.00 bits per heavy atom. The zero-order valence-electron chi connectivity index (χ0n) is 41.0. The third-order valence-electron chi connectivity index (χ3n) is 8.97. The van der Waals surface area contributed by atoms with E-state index in [0.717, 1.165) is 67.3 Å². The van der Waals surface area contributed by atoms with Gasteiger partial charge in [0.15, 0.2) is 0 Å². The van der Waals surface area contributed by atoms with E-state index in [1.165, 1.54) is 31.3 Å². The molecule has 362 valence electrons. The first-order chi connectivity index (χ1) is 29.9. The smallest absolute Gasteiger partial charge is 0.326 e. The van der Waals surface area contributed by atoms with E-state index in [9.17, 15) is 32.3 Å². The lowest BCUT2D eigenvalue weighted by molar-refractivity contribution is -0.141. The molecule has 0 aromatic heterocycles. The van der Waals surface area contributed by atoms with Gasteiger partial charge in [0.25, 0.3) is 5.91 Å². The molecule has 3 rings (SSSR count). The molecular weight excluding hydrogens is 840 g/mol. The lowest BCUT2D eigenvalue weighted by atomic mass is 9.93. The molecule has 0 spiro atoms. The molecule has 13 heteroatoms. The number of halogens is 1. The molecule has 0 aliphatic carbocycles. The van der Waals surface area contributed by atoms with Gasteiger partial charge in [0.2, 0.25) is 0 Å². The van der Waals surface area contributed by atoms with E-state index in [1.807, 2.05) is 82.5 Å². The van der Waals surface area contributed by atoms with Crippen molar-refractivity contribution < 1.29 is 42.5 Å². The van der Waals surface area contributed by atoms with Crippen LogP contribution < -0.4 is 5.32 Å². The number of hydrogen-bond donors (Lipinski definition) is 4. The SMILES string of the molecule is C=C/C=C\C(C)=C/C.CC.CCC.CCCF.CCC[C@H]1CCCN1Cc1ccc(C(=O)NC(CCS(C)(=O)=O)C(=O)O)c(-c2ccccc2C)c1.CO.CSCCC(C)C(=O)O. The second-order valence-corrected chi connectivity index (χ2v) is 17.8. The lowest BCUT2D eigenvalue weighted by Gasteiger charge is -2.25. The number of amides is 1. The van der Waals surface area contributed by atoms with Gasteiger partial charge in [-0.3, -0.25) is 18.9 Å². The summed E-state index contributed by atoms with van der Waals surface area (Å²) in [6.07, 6.45) is 18.0. The predicted molar refractivity (Wildman–Crippen MR) is 268 cm³/mol. The summed E-state index contributed by atoms with van der Waals surface area (Å²) in [5, 5.41) is 27.5. The molecule has 1 fully saturated rings. The highest BCUT2D eigenvalue weighted by molar-refractivity contribution is 7.98. The van der Waals surface area contributed by atoms with Gasteiger partial charge in [0, 0.05) is 31.5 Å². The number of aliphatic hydroxyl groups excluding tert-OH is 1. The quantitative estimate of drug-likeness (QED) is 0.106. The Morgan fingerprint density at radius 2 is 1.59 bits per heavy atom. The Labute approximate surface area is 386 Å². The minimum atomic E-state index is -3.36. The molecular formula is C50H85FN2O8S2. The average molecular weight is 925 g/mol. The molecule has 1 aliphatic heterocycles. The van der Waals surface area contributed by atoms with Gasteiger partial charge in [-0.25, -0.2) is 13.2 Å². The van der Waals surface area contributed by atoms with Gasteiger partial charge < -0.3 is 20.6 Å². The maximum atomic E-state index is 13.2. The molecule has 0 bridgehead atoms. The van der Waals surface area contributed by atoms with Crippen LogP contribution in [0.15, 0.2) is 78.9 Å². The third-order valence-corrected chi connectivity index (χ3v) is 10.6. The average Bonchev–Trinajstić information content (AvgIpc) is 3.71. The van der Waals surface area contributed by atoms with Crippen molar-refractivity contribution in [2.24, 2.45) is 5.92 Å². The minimum absolute atomic E-state index is 0.181. The number of thioether (sulfide) groups is 1. The Bertz CT molecular complexity index is 1680. The number of hydrogen-bond acceptors (Lipinski definition) is 8. The summed E-state index contributed by atoms with van der Waals surface area (Å²) in [6.45, 7) is 25.3. The van der Waals surface area contributed by atoms with Crippen LogP contribution in [0.4, 0.5) is 4.39 Å². The topological polar surface area (TPSA) is 161 Å². The fourth-order valence-electron chi connectivity index (χ4n) is 5.54. The highest BCUT2D eigenvalue weighted by Crippen LogP contribution is 2.30. The number of carboxylic acid groups (broad SMARTS) is 2. The molecule has 4 N–H and O–H groups in total.